The Labute approximate surface area is 148 Å². The number of amides is 1. The van der Waals surface area contributed by atoms with Gasteiger partial charge in [-0.25, -0.2) is 9.49 Å². The number of H-pyrrole nitrogens is 2. The summed E-state index contributed by atoms with van der Waals surface area (Å²) in [6, 6.07) is 14.4. The fourth-order valence-corrected chi connectivity index (χ4v) is 3.03. The van der Waals surface area contributed by atoms with Gasteiger partial charge in [0.05, 0.1) is 0 Å². The summed E-state index contributed by atoms with van der Waals surface area (Å²) >= 11 is 0. The largest absolute Gasteiger partial charge is 0.354 e. The van der Waals surface area contributed by atoms with E-state index in [0.29, 0.717) is 12.4 Å². The SMILES string of the molecule is O=C(CCc1c(-c2ccccc2)[nH]c2ccc(F)cc12)Nc1ncn[nH]1. The van der Waals surface area contributed by atoms with Gasteiger partial charge in [0.1, 0.15) is 12.1 Å². The second kappa shape index (κ2) is 6.79. The summed E-state index contributed by atoms with van der Waals surface area (Å²) in [6.07, 6.45) is 2.03. The summed E-state index contributed by atoms with van der Waals surface area (Å²) in [5.41, 5.74) is 3.66. The third kappa shape index (κ3) is 3.19. The van der Waals surface area contributed by atoms with Crippen LogP contribution in [0.2, 0.25) is 0 Å². The zero-order valence-corrected chi connectivity index (χ0v) is 13.8. The Morgan fingerprint density at radius 3 is 2.77 bits per heavy atom. The molecule has 4 aromatic rings. The van der Waals surface area contributed by atoms with Crippen LogP contribution in [0.4, 0.5) is 10.3 Å². The molecule has 6 nitrogen and oxygen atoms in total. The maximum Gasteiger partial charge on any atom is 0.227 e. The number of rotatable bonds is 5. The standard InChI is InChI=1S/C19H16FN5O/c20-13-6-8-16-15(10-13)14(18(23-16)12-4-2-1-3-5-12)7-9-17(26)24-19-21-11-22-25-19/h1-6,8,10-11,23H,7,9H2,(H2,21,22,24,25,26). The number of anilines is 1. The van der Waals surface area contributed by atoms with Crippen molar-refractivity contribution in [3.8, 4) is 11.3 Å². The maximum atomic E-state index is 13.8. The fraction of sp³-hybridized carbons (Fsp3) is 0.105. The normalized spacial score (nSPS) is 11.0. The Kier molecular flexibility index (Phi) is 4.18. The third-order valence-electron chi connectivity index (χ3n) is 4.21. The van der Waals surface area contributed by atoms with E-state index in [9.17, 15) is 9.18 Å². The predicted molar refractivity (Wildman–Crippen MR) is 97.0 cm³/mol. The summed E-state index contributed by atoms with van der Waals surface area (Å²) in [5.74, 6) is -0.182. The minimum absolute atomic E-state index is 0.188. The van der Waals surface area contributed by atoms with Crippen LogP contribution in [-0.4, -0.2) is 26.1 Å². The van der Waals surface area contributed by atoms with Crippen molar-refractivity contribution in [3.63, 3.8) is 0 Å². The molecule has 3 N–H and O–H groups in total. The Bertz CT molecular complexity index is 1040. The molecular formula is C19H16FN5O. The number of hydrogen-bond acceptors (Lipinski definition) is 3. The predicted octanol–water partition coefficient (Wildman–Crippen LogP) is 3.66. The first-order valence-corrected chi connectivity index (χ1v) is 8.21. The molecule has 2 heterocycles. The van der Waals surface area contributed by atoms with Crippen LogP contribution < -0.4 is 5.32 Å². The van der Waals surface area contributed by atoms with Gasteiger partial charge in [0.15, 0.2) is 0 Å². The average Bonchev–Trinajstić information content (AvgIpc) is 3.28. The highest BCUT2D eigenvalue weighted by atomic mass is 19.1. The molecule has 0 radical (unpaired) electrons. The molecule has 26 heavy (non-hydrogen) atoms. The smallest absolute Gasteiger partial charge is 0.227 e. The van der Waals surface area contributed by atoms with Gasteiger partial charge in [-0.1, -0.05) is 30.3 Å². The molecule has 0 fully saturated rings. The van der Waals surface area contributed by atoms with Crippen LogP contribution in [0.15, 0.2) is 54.9 Å². The highest BCUT2D eigenvalue weighted by Crippen LogP contribution is 2.31. The number of carbonyl (C=O) groups excluding carboxylic acids is 1. The molecule has 0 bridgehead atoms. The third-order valence-corrected chi connectivity index (χ3v) is 4.21. The highest BCUT2D eigenvalue weighted by Gasteiger charge is 2.15. The Morgan fingerprint density at radius 2 is 2.00 bits per heavy atom. The Balaban J connectivity index is 1.65. The number of aryl methyl sites for hydroxylation is 1. The van der Waals surface area contributed by atoms with E-state index in [1.807, 2.05) is 30.3 Å². The minimum Gasteiger partial charge on any atom is -0.354 e. The van der Waals surface area contributed by atoms with Crippen molar-refractivity contribution in [1.29, 1.82) is 0 Å². The van der Waals surface area contributed by atoms with Crippen molar-refractivity contribution >= 4 is 22.8 Å². The Hall–Kier alpha value is -3.48. The number of carbonyl (C=O) groups is 1. The van der Waals surface area contributed by atoms with Crippen LogP contribution in [0.5, 0.6) is 0 Å². The minimum atomic E-state index is -0.302. The lowest BCUT2D eigenvalue weighted by Crippen LogP contribution is -2.13. The lowest BCUT2D eigenvalue weighted by molar-refractivity contribution is -0.116. The van der Waals surface area contributed by atoms with Crippen LogP contribution in [-0.2, 0) is 11.2 Å². The highest BCUT2D eigenvalue weighted by molar-refractivity contribution is 5.93. The van der Waals surface area contributed by atoms with Crippen molar-refractivity contribution in [2.45, 2.75) is 12.8 Å². The van der Waals surface area contributed by atoms with Crippen molar-refractivity contribution < 1.29 is 9.18 Å². The molecule has 0 saturated heterocycles. The van der Waals surface area contributed by atoms with Crippen LogP contribution in [0, 0.1) is 5.82 Å². The zero-order valence-electron chi connectivity index (χ0n) is 13.8. The van der Waals surface area contributed by atoms with E-state index in [-0.39, 0.29) is 18.1 Å². The topological polar surface area (TPSA) is 86.5 Å². The van der Waals surface area contributed by atoms with E-state index in [2.05, 4.69) is 25.5 Å². The summed E-state index contributed by atoms with van der Waals surface area (Å²) in [5, 5.41) is 9.72. The number of fused-ring (bicyclic) bond motifs is 1. The number of hydrogen-bond donors (Lipinski definition) is 3. The molecule has 0 aliphatic rings. The fourth-order valence-electron chi connectivity index (χ4n) is 3.03. The summed E-state index contributed by atoms with van der Waals surface area (Å²) in [7, 11) is 0. The molecule has 2 aromatic heterocycles. The Morgan fingerprint density at radius 1 is 1.15 bits per heavy atom. The van der Waals surface area contributed by atoms with Crippen LogP contribution in [0.1, 0.15) is 12.0 Å². The molecule has 0 unspecified atom stereocenters. The molecule has 0 saturated carbocycles. The van der Waals surface area contributed by atoms with E-state index in [4.69, 9.17) is 0 Å². The lowest BCUT2D eigenvalue weighted by atomic mass is 10.0. The number of nitrogens with zero attached hydrogens (tertiary/aromatic N) is 2. The van der Waals surface area contributed by atoms with Crippen molar-refractivity contribution in [2.75, 3.05) is 5.32 Å². The van der Waals surface area contributed by atoms with Crippen LogP contribution in [0.3, 0.4) is 0 Å². The van der Waals surface area contributed by atoms with E-state index in [1.165, 1.54) is 18.5 Å². The van der Waals surface area contributed by atoms with Gasteiger partial charge in [-0.15, -0.1) is 0 Å². The van der Waals surface area contributed by atoms with Gasteiger partial charge < -0.3 is 4.98 Å². The molecule has 7 heteroatoms. The maximum absolute atomic E-state index is 13.8. The molecule has 1 amide bonds. The molecule has 0 spiro atoms. The number of benzene rings is 2. The van der Waals surface area contributed by atoms with Crippen LogP contribution in [0.25, 0.3) is 22.2 Å². The van der Waals surface area contributed by atoms with Gasteiger partial charge in [0.2, 0.25) is 11.9 Å². The van der Waals surface area contributed by atoms with Crippen molar-refractivity contribution in [2.24, 2.45) is 0 Å². The number of nitrogens with one attached hydrogen (secondary N) is 3. The number of aromatic amines is 2. The first kappa shape index (κ1) is 16.0. The van der Waals surface area contributed by atoms with E-state index in [0.717, 1.165) is 27.7 Å². The second-order valence-electron chi connectivity index (χ2n) is 5.92. The van der Waals surface area contributed by atoms with Gasteiger partial charge in [-0.05, 0) is 35.7 Å². The van der Waals surface area contributed by atoms with Gasteiger partial charge >= 0.3 is 0 Å². The van der Waals surface area contributed by atoms with Crippen molar-refractivity contribution in [3.05, 3.63) is 66.2 Å². The molecular weight excluding hydrogens is 333 g/mol. The van der Waals surface area contributed by atoms with E-state index >= 15 is 0 Å². The molecule has 2 aromatic carbocycles. The quantitative estimate of drug-likeness (QED) is 0.514. The summed E-state index contributed by atoms with van der Waals surface area (Å²) in [4.78, 5) is 19.4. The molecule has 130 valence electrons. The first-order valence-electron chi connectivity index (χ1n) is 8.21. The first-order chi connectivity index (χ1) is 12.7. The van der Waals surface area contributed by atoms with Crippen molar-refractivity contribution in [1.82, 2.24) is 20.2 Å². The van der Waals surface area contributed by atoms with Crippen LogP contribution >= 0.6 is 0 Å². The second-order valence-corrected chi connectivity index (χ2v) is 5.92. The molecule has 0 aliphatic carbocycles. The zero-order chi connectivity index (χ0) is 17.9. The average molecular weight is 349 g/mol. The summed E-state index contributed by atoms with van der Waals surface area (Å²) < 4.78 is 13.8. The number of halogens is 1. The van der Waals surface area contributed by atoms with Gasteiger partial charge in [0.25, 0.3) is 0 Å². The monoisotopic (exact) mass is 349 g/mol. The summed E-state index contributed by atoms with van der Waals surface area (Å²) in [6.45, 7) is 0. The molecule has 4 rings (SSSR count). The van der Waals surface area contributed by atoms with Gasteiger partial charge in [0, 0.05) is 23.0 Å². The van der Waals surface area contributed by atoms with Gasteiger partial charge in [-0.3, -0.25) is 10.1 Å². The molecule has 0 atom stereocenters. The lowest BCUT2D eigenvalue weighted by Gasteiger charge is -2.06. The molecule has 0 aliphatic heterocycles. The van der Waals surface area contributed by atoms with E-state index < -0.39 is 0 Å². The van der Waals surface area contributed by atoms with E-state index in [1.54, 1.807) is 6.07 Å². The number of aromatic nitrogens is 4. The van der Waals surface area contributed by atoms with Gasteiger partial charge in [-0.2, -0.15) is 10.1 Å².